The second-order valence-corrected chi connectivity index (χ2v) is 4.15. The predicted molar refractivity (Wildman–Crippen MR) is 58.1 cm³/mol. The Morgan fingerprint density at radius 1 is 1.29 bits per heavy atom. The topological polar surface area (TPSA) is 60.7 Å². The third-order valence-corrected chi connectivity index (χ3v) is 3.35. The number of aryl methyl sites for hydroxylation is 1. The molecule has 0 unspecified atom stereocenters. The van der Waals surface area contributed by atoms with E-state index in [-0.39, 0.29) is 10.5 Å². The number of fused-ring (bicyclic) bond motifs is 1. The molecule has 1 aromatic heterocycles. The van der Waals surface area contributed by atoms with Crippen LogP contribution in [0.5, 0.6) is 5.06 Å². The van der Waals surface area contributed by atoms with Crippen LogP contribution >= 0.6 is 11.3 Å². The van der Waals surface area contributed by atoms with E-state index in [1.165, 1.54) is 11.3 Å². The lowest BCUT2D eigenvalue weighted by Crippen LogP contribution is -2.29. The van der Waals surface area contributed by atoms with Gasteiger partial charge in [-0.05, 0) is 17.9 Å². The summed E-state index contributed by atoms with van der Waals surface area (Å²) in [6, 6.07) is 5.52. The van der Waals surface area contributed by atoms with Gasteiger partial charge in [0.15, 0.2) is 5.06 Å². The van der Waals surface area contributed by atoms with Gasteiger partial charge in [-0.1, -0.05) is 29.5 Å². The minimum atomic E-state index is -1.62. The Balaban J connectivity index is 2.83. The second-order valence-electron chi connectivity index (χ2n) is 3.15. The molecule has 0 aliphatic rings. The number of aromatic hydroxyl groups is 1. The fraction of sp³-hybridized carbons (Fsp3) is 0.111. The van der Waals surface area contributed by atoms with Crippen LogP contribution in [-0.2, 0) is 0 Å². The van der Waals surface area contributed by atoms with Gasteiger partial charge >= 0.3 is 7.12 Å². The van der Waals surface area contributed by atoms with E-state index in [1.807, 2.05) is 19.1 Å². The molecule has 0 amide bonds. The minimum absolute atomic E-state index is 0.0238. The standard InChI is InChI=1S/C9H9BO3S/c1-5-3-2-4-6-7(10(12)13)9(11)14-8(5)6/h2-4,11-13H,1H3. The van der Waals surface area contributed by atoms with E-state index < -0.39 is 7.12 Å². The van der Waals surface area contributed by atoms with Crippen LogP contribution in [0.25, 0.3) is 10.1 Å². The molecule has 0 saturated heterocycles. The summed E-state index contributed by atoms with van der Waals surface area (Å²) in [4.78, 5) is 0. The molecule has 72 valence electrons. The number of benzene rings is 1. The fourth-order valence-corrected chi connectivity index (χ4v) is 2.55. The van der Waals surface area contributed by atoms with Crippen molar-refractivity contribution < 1.29 is 15.2 Å². The zero-order valence-electron chi connectivity index (χ0n) is 7.56. The van der Waals surface area contributed by atoms with Gasteiger partial charge in [0, 0.05) is 10.2 Å². The van der Waals surface area contributed by atoms with Gasteiger partial charge in [-0.15, -0.1) is 0 Å². The van der Waals surface area contributed by atoms with Crippen molar-refractivity contribution in [2.75, 3.05) is 0 Å². The van der Waals surface area contributed by atoms with Gasteiger partial charge in [0.05, 0.1) is 0 Å². The Hall–Kier alpha value is -1.04. The van der Waals surface area contributed by atoms with Crippen molar-refractivity contribution in [1.82, 2.24) is 0 Å². The van der Waals surface area contributed by atoms with Gasteiger partial charge in [-0.25, -0.2) is 0 Å². The van der Waals surface area contributed by atoms with Crippen LogP contribution in [0.15, 0.2) is 18.2 Å². The maximum Gasteiger partial charge on any atom is 0.493 e. The third kappa shape index (κ3) is 1.30. The molecule has 2 aromatic rings. The molecule has 0 fully saturated rings. The summed E-state index contributed by atoms with van der Waals surface area (Å²) in [7, 11) is -1.62. The summed E-state index contributed by atoms with van der Waals surface area (Å²) in [5, 5.41) is 28.4. The van der Waals surface area contributed by atoms with Crippen molar-refractivity contribution in [3.05, 3.63) is 23.8 Å². The van der Waals surface area contributed by atoms with E-state index in [0.717, 1.165) is 10.3 Å². The van der Waals surface area contributed by atoms with Crippen molar-refractivity contribution in [3.8, 4) is 5.06 Å². The highest BCUT2D eigenvalue weighted by Crippen LogP contribution is 2.30. The lowest BCUT2D eigenvalue weighted by Gasteiger charge is -1.98. The van der Waals surface area contributed by atoms with Crippen LogP contribution in [0.4, 0.5) is 0 Å². The Morgan fingerprint density at radius 2 is 2.00 bits per heavy atom. The molecule has 0 aliphatic carbocycles. The molecule has 14 heavy (non-hydrogen) atoms. The van der Waals surface area contributed by atoms with Gasteiger partial charge in [-0.2, -0.15) is 0 Å². The van der Waals surface area contributed by atoms with Crippen LogP contribution < -0.4 is 5.46 Å². The van der Waals surface area contributed by atoms with Crippen molar-refractivity contribution in [2.45, 2.75) is 6.92 Å². The van der Waals surface area contributed by atoms with Gasteiger partial charge < -0.3 is 15.2 Å². The molecular weight excluding hydrogens is 199 g/mol. The first-order chi connectivity index (χ1) is 6.61. The Labute approximate surface area is 85.4 Å². The highest BCUT2D eigenvalue weighted by Gasteiger charge is 2.22. The maximum atomic E-state index is 9.53. The summed E-state index contributed by atoms with van der Waals surface area (Å²) in [5.74, 6) is 0. The van der Waals surface area contributed by atoms with Crippen molar-refractivity contribution in [1.29, 1.82) is 0 Å². The number of hydrogen-bond acceptors (Lipinski definition) is 4. The first-order valence-corrected chi connectivity index (χ1v) is 5.00. The van der Waals surface area contributed by atoms with E-state index in [0.29, 0.717) is 5.39 Å². The lowest BCUT2D eigenvalue weighted by molar-refractivity contribution is 0.422. The molecule has 5 heteroatoms. The maximum absolute atomic E-state index is 9.53. The highest BCUT2D eigenvalue weighted by molar-refractivity contribution is 7.22. The molecule has 0 spiro atoms. The van der Waals surface area contributed by atoms with Crippen molar-refractivity contribution in [3.63, 3.8) is 0 Å². The second kappa shape index (κ2) is 3.27. The van der Waals surface area contributed by atoms with Gasteiger partial charge in [-0.3, -0.25) is 0 Å². The van der Waals surface area contributed by atoms with Crippen LogP contribution in [0, 0.1) is 6.92 Å². The van der Waals surface area contributed by atoms with Gasteiger partial charge in [0.25, 0.3) is 0 Å². The van der Waals surface area contributed by atoms with E-state index in [9.17, 15) is 5.11 Å². The van der Waals surface area contributed by atoms with Crippen molar-refractivity contribution >= 4 is 34.0 Å². The zero-order valence-corrected chi connectivity index (χ0v) is 8.38. The van der Waals surface area contributed by atoms with Crippen LogP contribution in [0.3, 0.4) is 0 Å². The largest absolute Gasteiger partial charge is 0.500 e. The monoisotopic (exact) mass is 208 g/mol. The first kappa shape index (κ1) is 9.52. The fourth-order valence-electron chi connectivity index (χ4n) is 1.52. The molecular formula is C9H9BO3S. The third-order valence-electron chi connectivity index (χ3n) is 2.19. The lowest BCUT2D eigenvalue weighted by atomic mass is 9.79. The molecule has 0 atom stereocenters. The van der Waals surface area contributed by atoms with Gasteiger partial charge in [0.2, 0.25) is 0 Å². The molecule has 0 bridgehead atoms. The van der Waals surface area contributed by atoms with E-state index in [4.69, 9.17) is 10.0 Å². The van der Waals surface area contributed by atoms with E-state index in [2.05, 4.69) is 0 Å². The molecule has 1 heterocycles. The Bertz CT molecular complexity index is 478. The quantitative estimate of drug-likeness (QED) is 0.601. The van der Waals surface area contributed by atoms with Gasteiger partial charge in [0.1, 0.15) is 0 Å². The molecule has 1 aromatic carbocycles. The molecule has 2 rings (SSSR count). The number of thiophene rings is 1. The first-order valence-electron chi connectivity index (χ1n) is 4.18. The summed E-state index contributed by atoms with van der Waals surface area (Å²) in [5.41, 5.74) is 1.23. The molecule has 0 radical (unpaired) electrons. The molecule has 3 N–H and O–H groups in total. The number of rotatable bonds is 1. The Morgan fingerprint density at radius 3 is 2.64 bits per heavy atom. The van der Waals surface area contributed by atoms with Crippen LogP contribution in [0.1, 0.15) is 5.56 Å². The normalized spacial score (nSPS) is 10.8. The Kier molecular flexibility index (Phi) is 2.22. The summed E-state index contributed by atoms with van der Waals surface area (Å²) in [6.07, 6.45) is 0. The molecule has 0 aliphatic heterocycles. The smallest absolute Gasteiger partial charge is 0.493 e. The summed E-state index contributed by atoms with van der Waals surface area (Å²) >= 11 is 1.17. The average Bonchev–Trinajstić information content (AvgIpc) is 2.42. The highest BCUT2D eigenvalue weighted by atomic mass is 32.1. The summed E-state index contributed by atoms with van der Waals surface area (Å²) < 4.78 is 0.896. The van der Waals surface area contributed by atoms with Crippen molar-refractivity contribution in [2.24, 2.45) is 0 Å². The molecule has 3 nitrogen and oxygen atoms in total. The minimum Gasteiger partial charge on any atom is -0.500 e. The van der Waals surface area contributed by atoms with Crippen LogP contribution in [-0.4, -0.2) is 22.3 Å². The summed E-state index contributed by atoms with van der Waals surface area (Å²) in [6.45, 7) is 1.92. The predicted octanol–water partition coefficient (Wildman–Crippen LogP) is 0.595. The van der Waals surface area contributed by atoms with Crippen LogP contribution in [0.2, 0.25) is 0 Å². The average molecular weight is 208 g/mol. The van der Waals surface area contributed by atoms with E-state index >= 15 is 0 Å². The zero-order chi connectivity index (χ0) is 10.3. The van der Waals surface area contributed by atoms with E-state index in [1.54, 1.807) is 6.07 Å². The SMILES string of the molecule is Cc1cccc2c(B(O)O)c(O)sc12. The number of hydrogen-bond donors (Lipinski definition) is 3. The molecule has 0 saturated carbocycles.